The predicted octanol–water partition coefficient (Wildman–Crippen LogP) is 7.61. The van der Waals surface area contributed by atoms with E-state index in [0.29, 0.717) is 17.5 Å². The van der Waals surface area contributed by atoms with Crippen molar-refractivity contribution in [2.45, 2.75) is 85.9 Å². The Balaban J connectivity index is 2.07. The number of carboxylic acids is 1. The molecule has 2 aromatic carbocycles. The number of rotatable bonds is 20. The summed E-state index contributed by atoms with van der Waals surface area (Å²) >= 11 is 0. The molecule has 0 fully saturated rings. The lowest BCUT2D eigenvalue weighted by atomic mass is 9.93. The lowest BCUT2D eigenvalue weighted by Crippen LogP contribution is -2.20. The molecule has 1 unspecified atom stereocenters. The molecule has 0 aliphatic carbocycles. The Bertz CT molecular complexity index is 1490. The van der Waals surface area contributed by atoms with Gasteiger partial charge in [-0.25, -0.2) is 14.4 Å². The molecule has 0 saturated heterocycles. The van der Waals surface area contributed by atoms with E-state index in [-0.39, 0.29) is 80.6 Å². The van der Waals surface area contributed by atoms with Gasteiger partial charge in [-0.2, -0.15) is 0 Å². The van der Waals surface area contributed by atoms with Gasteiger partial charge in [-0.15, -0.1) is 0 Å². The largest absolute Gasteiger partial charge is 0.513 e. The van der Waals surface area contributed by atoms with E-state index >= 15 is 0 Å². The fourth-order valence-electron chi connectivity index (χ4n) is 4.20. The Morgan fingerprint density at radius 3 is 1.43 bits per heavy atom. The zero-order chi connectivity index (χ0) is 39.3. The molecule has 53 heavy (non-hydrogen) atoms. The van der Waals surface area contributed by atoms with Gasteiger partial charge in [0.2, 0.25) is 0 Å². The van der Waals surface area contributed by atoms with Crippen LogP contribution in [0.2, 0.25) is 0 Å². The van der Waals surface area contributed by atoms with E-state index in [1.54, 1.807) is 78.0 Å². The third-order valence-electron chi connectivity index (χ3n) is 7.62. The van der Waals surface area contributed by atoms with Gasteiger partial charge in [0.15, 0.2) is 0 Å². The third kappa shape index (κ3) is 17.9. The van der Waals surface area contributed by atoms with Gasteiger partial charge >= 0.3 is 36.4 Å². The van der Waals surface area contributed by atoms with E-state index in [0.717, 1.165) is 0 Å². The van der Waals surface area contributed by atoms with Crippen LogP contribution in [0.5, 0.6) is 17.2 Å². The molecule has 0 aliphatic heterocycles. The molecule has 0 bridgehead atoms. The number of carbonyl (C=O) groups excluding carboxylic acids is 5. The second-order valence-electron chi connectivity index (χ2n) is 12.0. The van der Waals surface area contributed by atoms with Crippen molar-refractivity contribution in [1.82, 2.24) is 0 Å². The number of hydrogen-bond donors (Lipinski definition) is 1. The van der Waals surface area contributed by atoms with Crippen molar-refractivity contribution in [3.63, 3.8) is 0 Å². The molecule has 0 amide bonds. The van der Waals surface area contributed by atoms with Gasteiger partial charge < -0.3 is 43.0 Å². The quantitative estimate of drug-likeness (QED) is 0.0601. The minimum absolute atomic E-state index is 0.00706. The second-order valence-corrected chi connectivity index (χ2v) is 12.0. The number of carboxylic acid groups (broad SMARTS) is 1. The molecule has 0 spiro atoms. The van der Waals surface area contributed by atoms with Crippen molar-refractivity contribution in [2.75, 3.05) is 19.8 Å². The standard InChI is InChI=1S/C38H48O15/c1-7-33(39)49-25(4)16-19-47-37(44)52-31-21-29(22-32(23-31)53-38(45)48-20-17-26(5)50-34(40)8-2)10-9-28-11-13-30(14-12-28)51-36(43)46-18-15-24(3)27(6)35(41)42/h9-14,21-27H,7-8,15-20H2,1-6H3,(H,41,42)/b10-9+/t24-,25-,26-,27?/m1/s1. The molecule has 1 N–H and O–H groups in total. The predicted molar refractivity (Wildman–Crippen MR) is 189 cm³/mol. The minimum Gasteiger partial charge on any atom is -0.481 e. The van der Waals surface area contributed by atoms with E-state index < -0.39 is 42.6 Å². The molecule has 0 aromatic heterocycles. The SMILES string of the molecule is CCC(=O)O[C@H](C)CCOC(=O)Oc1cc(/C=C/c2ccc(OC(=O)OCC[C@@H](C)C(C)C(=O)O)cc2)cc(OC(=O)OCC[C@@H](C)OC(=O)CC)c1. The van der Waals surface area contributed by atoms with Crippen LogP contribution < -0.4 is 14.2 Å². The van der Waals surface area contributed by atoms with Crippen LogP contribution >= 0.6 is 0 Å². The van der Waals surface area contributed by atoms with Crippen LogP contribution in [0.1, 0.15) is 84.8 Å². The topological polar surface area (TPSA) is 196 Å². The maximum atomic E-state index is 12.4. The maximum Gasteiger partial charge on any atom is 0.513 e. The summed E-state index contributed by atoms with van der Waals surface area (Å²) in [7, 11) is 0. The summed E-state index contributed by atoms with van der Waals surface area (Å²) in [6.45, 7) is 9.87. The van der Waals surface area contributed by atoms with E-state index in [1.807, 2.05) is 0 Å². The highest BCUT2D eigenvalue weighted by atomic mass is 16.7. The van der Waals surface area contributed by atoms with Crippen molar-refractivity contribution in [2.24, 2.45) is 11.8 Å². The first-order chi connectivity index (χ1) is 25.2. The molecular formula is C38H48O15. The average Bonchev–Trinajstić information content (AvgIpc) is 3.10. The average molecular weight is 745 g/mol. The van der Waals surface area contributed by atoms with Crippen LogP contribution in [0.3, 0.4) is 0 Å². The first kappa shape index (κ1) is 43.6. The molecular weight excluding hydrogens is 696 g/mol. The highest BCUT2D eigenvalue weighted by Crippen LogP contribution is 2.26. The molecule has 0 saturated carbocycles. The number of ether oxygens (including phenoxy) is 8. The zero-order valence-electron chi connectivity index (χ0n) is 30.8. The first-order valence-corrected chi connectivity index (χ1v) is 17.3. The van der Waals surface area contributed by atoms with Crippen LogP contribution in [0.25, 0.3) is 12.2 Å². The number of carbonyl (C=O) groups is 6. The molecule has 0 radical (unpaired) electrons. The van der Waals surface area contributed by atoms with E-state index in [9.17, 15) is 28.8 Å². The van der Waals surface area contributed by atoms with Crippen molar-refractivity contribution >= 4 is 48.5 Å². The Morgan fingerprint density at radius 1 is 0.585 bits per heavy atom. The molecule has 4 atom stereocenters. The second kappa shape index (κ2) is 23.1. The number of aliphatic carboxylic acids is 1. The van der Waals surface area contributed by atoms with Crippen LogP contribution in [0.4, 0.5) is 14.4 Å². The van der Waals surface area contributed by atoms with Crippen LogP contribution in [-0.2, 0) is 38.1 Å². The van der Waals surface area contributed by atoms with E-state index in [1.165, 1.54) is 18.2 Å². The normalized spacial score (nSPS) is 13.1. The minimum atomic E-state index is -1.04. The van der Waals surface area contributed by atoms with Crippen molar-refractivity contribution < 1.29 is 71.8 Å². The smallest absolute Gasteiger partial charge is 0.481 e. The lowest BCUT2D eigenvalue weighted by Gasteiger charge is -2.15. The Kier molecular flexibility index (Phi) is 19.0. The Hall–Kier alpha value is -5.60. The number of esters is 2. The molecule has 15 heteroatoms. The van der Waals surface area contributed by atoms with E-state index in [2.05, 4.69) is 0 Å². The summed E-state index contributed by atoms with van der Waals surface area (Å²) in [6.07, 6.45) is 0.702. The summed E-state index contributed by atoms with van der Waals surface area (Å²) in [5, 5.41) is 9.09. The lowest BCUT2D eigenvalue weighted by molar-refractivity contribution is -0.149. The summed E-state index contributed by atoms with van der Waals surface area (Å²) in [5.41, 5.74) is 1.14. The van der Waals surface area contributed by atoms with Gasteiger partial charge in [-0.1, -0.05) is 52.0 Å². The van der Waals surface area contributed by atoms with Gasteiger partial charge in [-0.05, 0) is 61.6 Å². The number of benzene rings is 2. The zero-order valence-corrected chi connectivity index (χ0v) is 30.8. The number of hydrogen-bond acceptors (Lipinski definition) is 14. The summed E-state index contributed by atoms with van der Waals surface area (Å²) < 4.78 is 41.4. The first-order valence-electron chi connectivity index (χ1n) is 17.3. The summed E-state index contributed by atoms with van der Waals surface area (Å²) in [4.78, 5) is 71.0. The van der Waals surface area contributed by atoms with Crippen LogP contribution in [0, 0.1) is 11.8 Å². The Labute approximate surface area is 308 Å². The fourth-order valence-corrected chi connectivity index (χ4v) is 4.20. The summed E-state index contributed by atoms with van der Waals surface area (Å²) in [5.74, 6) is -2.25. The molecule has 15 nitrogen and oxygen atoms in total. The third-order valence-corrected chi connectivity index (χ3v) is 7.62. The molecule has 2 rings (SSSR count). The van der Waals surface area contributed by atoms with Gasteiger partial charge in [-0.3, -0.25) is 14.4 Å². The maximum absolute atomic E-state index is 12.4. The van der Waals surface area contributed by atoms with Crippen LogP contribution in [0.15, 0.2) is 42.5 Å². The summed E-state index contributed by atoms with van der Waals surface area (Å²) in [6, 6.07) is 10.7. The van der Waals surface area contributed by atoms with E-state index in [4.69, 9.17) is 43.0 Å². The molecule has 0 heterocycles. The van der Waals surface area contributed by atoms with Gasteiger partial charge in [0, 0.05) is 31.7 Å². The highest BCUT2D eigenvalue weighted by molar-refractivity contribution is 5.74. The molecule has 0 aliphatic rings. The molecule has 290 valence electrons. The van der Waals surface area contributed by atoms with Gasteiger partial charge in [0.25, 0.3) is 0 Å². The van der Waals surface area contributed by atoms with Crippen molar-refractivity contribution in [1.29, 1.82) is 0 Å². The monoisotopic (exact) mass is 744 g/mol. The van der Waals surface area contributed by atoms with Crippen molar-refractivity contribution in [3.8, 4) is 17.2 Å². The highest BCUT2D eigenvalue weighted by Gasteiger charge is 2.20. The Morgan fingerprint density at radius 2 is 1.00 bits per heavy atom. The van der Waals surface area contributed by atoms with Gasteiger partial charge in [0.05, 0.1) is 25.7 Å². The van der Waals surface area contributed by atoms with Crippen LogP contribution in [-0.4, -0.2) is 73.5 Å². The fraction of sp³-hybridized carbons (Fsp3) is 0.474. The molecule has 2 aromatic rings. The van der Waals surface area contributed by atoms with Crippen molar-refractivity contribution in [3.05, 3.63) is 53.6 Å². The van der Waals surface area contributed by atoms with Gasteiger partial charge in [0.1, 0.15) is 29.5 Å².